The second-order valence-corrected chi connectivity index (χ2v) is 6.32. The Morgan fingerprint density at radius 3 is 2.64 bits per heavy atom. The summed E-state index contributed by atoms with van der Waals surface area (Å²) in [7, 11) is 0. The van der Waals surface area contributed by atoms with Gasteiger partial charge in [0.25, 0.3) is 0 Å². The third-order valence-corrected chi connectivity index (χ3v) is 3.88. The van der Waals surface area contributed by atoms with Gasteiger partial charge < -0.3 is 4.74 Å². The van der Waals surface area contributed by atoms with Gasteiger partial charge in [0.05, 0.1) is 5.02 Å². The van der Waals surface area contributed by atoms with Crippen molar-refractivity contribution in [1.82, 2.24) is 19.6 Å². The minimum Gasteiger partial charge on any atom is -0.478 e. The first-order valence-electron chi connectivity index (χ1n) is 6.38. The molecule has 0 fully saturated rings. The van der Waals surface area contributed by atoms with E-state index in [1.165, 1.54) is 0 Å². The number of nitrogens with zero attached hydrogens (tertiary/aromatic N) is 4. The van der Waals surface area contributed by atoms with E-state index in [4.69, 9.17) is 39.5 Å². The van der Waals surface area contributed by atoms with Gasteiger partial charge in [0.15, 0.2) is 22.2 Å². The van der Waals surface area contributed by atoms with Crippen molar-refractivity contribution in [2.45, 2.75) is 19.4 Å². The molecule has 0 N–H and O–H groups in total. The summed E-state index contributed by atoms with van der Waals surface area (Å²) in [4.78, 5) is 3.98. The second-order valence-electron chi connectivity index (χ2n) is 5.12. The summed E-state index contributed by atoms with van der Waals surface area (Å²) in [6, 6.07) is 5.04. The molecule has 0 spiro atoms. The maximum atomic E-state index is 6.16. The number of ether oxygens (including phenoxy) is 1. The molecule has 0 aliphatic heterocycles. The maximum absolute atomic E-state index is 6.16. The molecule has 0 amide bonds. The fraction of sp³-hybridized carbons (Fsp3) is 0.214. The second kappa shape index (κ2) is 5.57. The van der Waals surface area contributed by atoms with Crippen molar-refractivity contribution in [3.05, 3.63) is 51.6 Å². The molecule has 0 radical (unpaired) electrons. The van der Waals surface area contributed by atoms with Crippen LogP contribution in [-0.4, -0.2) is 19.6 Å². The lowest BCUT2D eigenvalue weighted by Crippen LogP contribution is -2.28. The molecule has 0 aliphatic carbocycles. The summed E-state index contributed by atoms with van der Waals surface area (Å²) < 4.78 is 7.74. The Kier molecular flexibility index (Phi) is 3.89. The van der Waals surface area contributed by atoms with Crippen LogP contribution in [0.25, 0.3) is 5.65 Å². The molecule has 0 saturated heterocycles. The molecule has 3 aromatic rings. The van der Waals surface area contributed by atoms with Crippen LogP contribution in [-0.2, 0) is 5.60 Å². The fourth-order valence-corrected chi connectivity index (χ4v) is 2.72. The summed E-state index contributed by atoms with van der Waals surface area (Å²) in [5.41, 5.74) is -0.320. The number of halogens is 3. The standard InChI is InChI=1S/C14H11Cl3N4O/c1-14(2,22-10-4-3-8(15)7-9(10)16)13-20-19-12-11(17)18-5-6-21(12)13/h3-7H,1-2H3. The Balaban J connectivity index is 2.02. The molecule has 0 atom stereocenters. The average Bonchev–Trinajstić information content (AvgIpc) is 2.88. The molecular weight excluding hydrogens is 347 g/mol. The van der Waals surface area contributed by atoms with Gasteiger partial charge in [-0.25, -0.2) is 4.98 Å². The zero-order valence-electron chi connectivity index (χ0n) is 11.7. The van der Waals surface area contributed by atoms with Crippen molar-refractivity contribution in [3.63, 3.8) is 0 Å². The van der Waals surface area contributed by atoms with Gasteiger partial charge in [0.2, 0.25) is 0 Å². The lowest BCUT2D eigenvalue weighted by molar-refractivity contribution is 0.0974. The van der Waals surface area contributed by atoms with Crippen LogP contribution in [0.15, 0.2) is 30.6 Å². The molecule has 1 aromatic carbocycles. The molecular formula is C14H11Cl3N4O. The molecule has 22 heavy (non-hydrogen) atoms. The number of fused-ring (bicyclic) bond motifs is 1. The first-order valence-corrected chi connectivity index (χ1v) is 7.51. The van der Waals surface area contributed by atoms with Gasteiger partial charge in [0.1, 0.15) is 5.75 Å². The van der Waals surface area contributed by atoms with Crippen LogP contribution in [0.3, 0.4) is 0 Å². The van der Waals surface area contributed by atoms with Gasteiger partial charge in [-0.3, -0.25) is 4.40 Å². The van der Waals surface area contributed by atoms with Crippen molar-refractivity contribution in [1.29, 1.82) is 0 Å². The Morgan fingerprint density at radius 1 is 1.14 bits per heavy atom. The lowest BCUT2D eigenvalue weighted by Gasteiger charge is -2.25. The van der Waals surface area contributed by atoms with E-state index >= 15 is 0 Å². The summed E-state index contributed by atoms with van der Waals surface area (Å²) in [6.07, 6.45) is 3.30. The summed E-state index contributed by atoms with van der Waals surface area (Å²) >= 11 is 18.1. The van der Waals surface area contributed by atoms with Gasteiger partial charge >= 0.3 is 0 Å². The molecule has 2 heterocycles. The first-order chi connectivity index (χ1) is 10.4. The number of hydrogen-bond donors (Lipinski definition) is 0. The lowest BCUT2D eigenvalue weighted by atomic mass is 10.1. The molecule has 0 bridgehead atoms. The predicted octanol–water partition coefficient (Wildman–Crippen LogP) is 4.40. The Morgan fingerprint density at radius 2 is 1.91 bits per heavy atom. The molecule has 3 rings (SSSR count). The number of rotatable bonds is 3. The van der Waals surface area contributed by atoms with Gasteiger partial charge in [-0.2, -0.15) is 0 Å². The van der Waals surface area contributed by atoms with Gasteiger partial charge in [-0.1, -0.05) is 34.8 Å². The van der Waals surface area contributed by atoms with Crippen LogP contribution in [0.2, 0.25) is 15.2 Å². The highest BCUT2D eigenvalue weighted by molar-refractivity contribution is 6.35. The smallest absolute Gasteiger partial charge is 0.198 e. The molecule has 0 saturated carbocycles. The highest BCUT2D eigenvalue weighted by Crippen LogP contribution is 2.33. The van der Waals surface area contributed by atoms with E-state index in [0.29, 0.717) is 27.3 Å². The van der Waals surface area contributed by atoms with Gasteiger partial charge in [0, 0.05) is 17.4 Å². The minimum absolute atomic E-state index is 0.279. The minimum atomic E-state index is -0.790. The normalized spacial score (nSPS) is 11.9. The fourth-order valence-electron chi connectivity index (χ4n) is 2.09. The van der Waals surface area contributed by atoms with Crippen LogP contribution in [0, 0.1) is 0 Å². The SMILES string of the molecule is CC(C)(Oc1ccc(Cl)cc1Cl)c1nnc2c(Cl)nccn12. The van der Waals surface area contributed by atoms with Crippen LogP contribution in [0.4, 0.5) is 0 Å². The largest absolute Gasteiger partial charge is 0.478 e. The molecule has 8 heteroatoms. The van der Waals surface area contributed by atoms with E-state index in [2.05, 4.69) is 15.2 Å². The van der Waals surface area contributed by atoms with Gasteiger partial charge in [-0.05, 0) is 32.0 Å². The van der Waals surface area contributed by atoms with E-state index in [-0.39, 0.29) is 5.15 Å². The highest BCUT2D eigenvalue weighted by atomic mass is 35.5. The average molecular weight is 358 g/mol. The highest BCUT2D eigenvalue weighted by Gasteiger charge is 2.30. The van der Waals surface area contributed by atoms with E-state index in [1.54, 1.807) is 35.0 Å². The quantitative estimate of drug-likeness (QED) is 0.697. The number of hydrogen-bond acceptors (Lipinski definition) is 4. The summed E-state index contributed by atoms with van der Waals surface area (Å²) in [5.74, 6) is 1.09. The molecule has 0 aliphatic rings. The Labute approximate surface area is 141 Å². The van der Waals surface area contributed by atoms with E-state index < -0.39 is 5.60 Å². The summed E-state index contributed by atoms with van der Waals surface area (Å²) in [5, 5.41) is 9.46. The van der Waals surface area contributed by atoms with E-state index in [9.17, 15) is 0 Å². The molecule has 2 aromatic heterocycles. The van der Waals surface area contributed by atoms with Crippen molar-refractivity contribution in [2.75, 3.05) is 0 Å². The van der Waals surface area contributed by atoms with Gasteiger partial charge in [-0.15, -0.1) is 10.2 Å². The number of aromatic nitrogens is 4. The zero-order chi connectivity index (χ0) is 15.9. The van der Waals surface area contributed by atoms with Crippen LogP contribution in [0.5, 0.6) is 5.75 Å². The van der Waals surface area contributed by atoms with Crippen molar-refractivity contribution in [3.8, 4) is 5.75 Å². The predicted molar refractivity (Wildman–Crippen MR) is 85.9 cm³/mol. The summed E-state index contributed by atoms with van der Waals surface area (Å²) in [6.45, 7) is 3.73. The monoisotopic (exact) mass is 356 g/mol. The first kappa shape index (κ1) is 15.3. The van der Waals surface area contributed by atoms with Crippen LogP contribution in [0.1, 0.15) is 19.7 Å². The van der Waals surface area contributed by atoms with Crippen LogP contribution >= 0.6 is 34.8 Å². The zero-order valence-corrected chi connectivity index (χ0v) is 14.0. The van der Waals surface area contributed by atoms with Crippen molar-refractivity contribution < 1.29 is 4.74 Å². The van der Waals surface area contributed by atoms with E-state index in [0.717, 1.165) is 0 Å². The third-order valence-electron chi connectivity index (χ3n) is 3.08. The molecule has 0 unspecified atom stereocenters. The van der Waals surface area contributed by atoms with Crippen molar-refractivity contribution in [2.24, 2.45) is 0 Å². The van der Waals surface area contributed by atoms with Crippen molar-refractivity contribution >= 4 is 40.4 Å². The Bertz CT molecular complexity index is 847. The van der Waals surface area contributed by atoms with Crippen LogP contribution < -0.4 is 4.74 Å². The third kappa shape index (κ3) is 2.72. The molecule has 5 nitrogen and oxygen atoms in total. The maximum Gasteiger partial charge on any atom is 0.198 e. The Hall–Kier alpha value is -1.56. The number of benzene rings is 1. The molecule has 114 valence electrons. The topological polar surface area (TPSA) is 52.3 Å². The van der Waals surface area contributed by atoms with E-state index in [1.807, 2.05) is 13.8 Å².